The molecule has 0 spiro atoms. The van der Waals surface area contributed by atoms with E-state index in [1.807, 2.05) is 18.2 Å². The van der Waals surface area contributed by atoms with Gasteiger partial charge >= 0.3 is 0 Å². The third-order valence-corrected chi connectivity index (χ3v) is 5.17. The monoisotopic (exact) mass is 393 g/mol. The smallest absolute Gasteiger partial charge is 0.196 e. The standard InChI is InChI=1S/C23H24FN3O2/c24-21-6-8-22(9-7-21)27-17-20(16-25-27)23(28)19-5-1-3-18(15-19)4-2-10-26-11-13-29-14-12-26/h1,3,5-9,15-17H,2,4,10-14H2. The SMILES string of the molecule is O=C(c1cccc(CCCN2CCOCC2)c1)c1cnn(-c2ccc(F)cc2)c1. The van der Waals surface area contributed by atoms with Crippen LogP contribution in [-0.4, -0.2) is 53.3 Å². The number of halogens is 1. The van der Waals surface area contributed by atoms with Crippen LogP contribution in [0, 0.1) is 5.82 Å². The predicted molar refractivity (Wildman–Crippen MR) is 109 cm³/mol. The van der Waals surface area contributed by atoms with E-state index in [1.165, 1.54) is 12.1 Å². The number of carbonyl (C=O) groups is 1. The first-order valence-corrected chi connectivity index (χ1v) is 9.93. The molecule has 1 aliphatic heterocycles. The zero-order valence-electron chi connectivity index (χ0n) is 16.3. The van der Waals surface area contributed by atoms with Crippen molar-refractivity contribution in [2.24, 2.45) is 0 Å². The van der Waals surface area contributed by atoms with Gasteiger partial charge in [0.15, 0.2) is 5.78 Å². The maximum Gasteiger partial charge on any atom is 0.196 e. The fourth-order valence-electron chi connectivity index (χ4n) is 3.54. The van der Waals surface area contributed by atoms with Gasteiger partial charge in [-0.15, -0.1) is 0 Å². The molecule has 0 atom stereocenters. The van der Waals surface area contributed by atoms with Crippen LogP contribution in [0.2, 0.25) is 0 Å². The lowest BCUT2D eigenvalue weighted by Gasteiger charge is -2.26. The minimum atomic E-state index is -0.303. The summed E-state index contributed by atoms with van der Waals surface area (Å²) in [6.45, 7) is 4.67. The summed E-state index contributed by atoms with van der Waals surface area (Å²) in [5.74, 6) is -0.365. The number of rotatable bonds is 7. The van der Waals surface area contributed by atoms with Crippen molar-refractivity contribution in [3.05, 3.63) is 83.4 Å². The van der Waals surface area contributed by atoms with Crippen molar-refractivity contribution in [2.75, 3.05) is 32.8 Å². The third-order valence-electron chi connectivity index (χ3n) is 5.17. The Morgan fingerprint density at radius 3 is 2.66 bits per heavy atom. The zero-order chi connectivity index (χ0) is 20.1. The van der Waals surface area contributed by atoms with E-state index >= 15 is 0 Å². The van der Waals surface area contributed by atoms with Gasteiger partial charge in [-0.25, -0.2) is 9.07 Å². The Bertz CT molecular complexity index is 962. The van der Waals surface area contributed by atoms with E-state index in [2.05, 4.69) is 16.1 Å². The number of hydrogen-bond acceptors (Lipinski definition) is 4. The second kappa shape index (κ2) is 9.11. The number of morpholine rings is 1. The number of aromatic nitrogens is 2. The van der Waals surface area contributed by atoms with Gasteiger partial charge in [-0.3, -0.25) is 9.69 Å². The minimum absolute atomic E-state index is 0.0617. The first-order chi connectivity index (χ1) is 14.2. The van der Waals surface area contributed by atoms with E-state index in [-0.39, 0.29) is 11.6 Å². The maximum absolute atomic E-state index is 13.1. The molecule has 1 fully saturated rings. The fraction of sp³-hybridized carbons (Fsp3) is 0.304. The minimum Gasteiger partial charge on any atom is -0.379 e. The van der Waals surface area contributed by atoms with Gasteiger partial charge in [0.05, 0.1) is 30.7 Å². The van der Waals surface area contributed by atoms with Crippen LogP contribution < -0.4 is 0 Å². The summed E-state index contributed by atoms with van der Waals surface area (Å²) in [4.78, 5) is 15.3. The van der Waals surface area contributed by atoms with Crippen LogP contribution in [0.25, 0.3) is 5.69 Å². The molecular weight excluding hydrogens is 369 g/mol. The van der Waals surface area contributed by atoms with Crippen molar-refractivity contribution in [1.29, 1.82) is 0 Å². The number of benzene rings is 2. The normalized spacial score (nSPS) is 14.8. The van der Waals surface area contributed by atoms with Gasteiger partial charge in [0, 0.05) is 24.8 Å². The van der Waals surface area contributed by atoms with Crippen molar-refractivity contribution in [3.8, 4) is 5.69 Å². The third kappa shape index (κ3) is 4.96. The first-order valence-electron chi connectivity index (χ1n) is 9.93. The molecule has 29 heavy (non-hydrogen) atoms. The number of ether oxygens (including phenoxy) is 1. The summed E-state index contributed by atoms with van der Waals surface area (Å²) < 4.78 is 20.1. The van der Waals surface area contributed by atoms with Crippen LogP contribution in [0.3, 0.4) is 0 Å². The molecule has 0 radical (unpaired) electrons. The molecule has 0 amide bonds. The quantitative estimate of drug-likeness (QED) is 0.577. The molecule has 0 unspecified atom stereocenters. The number of carbonyl (C=O) groups excluding carboxylic acids is 1. The second-order valence-corrected chi connectivity index (χ2v) is 7.24. The highest BCUT2D eigenvalue weighted by Crippen LogP contribution is 2.15. The molecule has 6 heteroatoms. The van der Waals surface area contributed by atoms with Crippen LogP contribution >= 0.6 is 0 Å². The van der Waals surface area contributed by atoms with Crippen molar-refractivity contribution in [3.63, 3.8) is 0 Å². The number of aryl methyl sites for hydroxylation is 1. The summed E-state index contributed by atoms with van der Waals surface area (Å²) in [5, 5.41) is 4.24. The lowest BCUT2D eigenvalue weighted by atomic mass is 10.0. The van der Waals surface area contributed by atoms with Crippen LogP contribution in [0.1, 0.15) is 27.9 Å². The Balaban J connectivity index is 1.40. The van der Waals surface area contributed by atoms with Gasteiger partial charge in [0.25, 0.3) is 0 Å². The molecule has 2 aromatic carbocycles. The molecule has 0 aliphatic carbocycles. The fourth-order valence-corrected chi connectivity index (χ4v) is 3.54. The van der Waals surface area contributed by atoms with Gasteiger partial charge < -0.3 is 4.74 Å². The molecule has 2 heterocycles. The molecule has 5 nitrogen and oxygen atoms in total. The molecule has 1 aromatic heterocycles. The Hall–Kier alpha value is -2.83. The van der Waals surface area contributed by atoms with Crippen LogP contribution in [0.15, 0.2) is 60.9 Å². The average molecular weight is 393 g/mol. The molecule has 0 bridgehead atoms. The summed E-state index contributed by atoms with van der Waals surface area (Å²) in [6.07, 6.45) is 5.23. The van der Waals surface area contributed by atoms with E-state index in [0.717, 1.165) is 51.3 Å². The van der Waals surface area contributed by atoms with E-state index in [1.54, 1.807) is 29.2 Å². The van der Waals surface area contributed by atoms with Gasteiger partial charge in [0.2, 0.25) is 0 Å². The number of nitrogens with zero attached hydrogens (tertiary/aromatic N) is 3. The molecule has 0 saturated carbocycles. The van der Waals surface area contributed by atoms with Crippen molar-refractivity contribution >= 4 is 5.78 Å². The zero-order valence-corrected chi connectivity index (χ0v) is 16.3. The van der Waals surface area contributed by atoms with Gasteiger partial charge in [-0.05, 0) is 55.3 Å². The Morgan fingerprint density at radius 2 is 1.86 bits per heavy atom. The molecule has 0 N–H and O–H groups in total. The molecule has 1 saturated heterocycles. The van der Waals surface area contributed by atoms with E-state index in [0.29, 0.717) is 16.8 Å². The van der Waals surface area contributed by atoms with E-state index < -0.39 is 0 Å². The Kier molecular flexibility index (Phi) is 6.12. The summed E-state index contributed by atoms with van der Waals surface area (Å²) in [6, 6.07) is 13.8. The summed E-state index contributed by atoms with van der Waals surface area (Å²) >= 11 is 0. The highest BCUT2D eigenvalue weighted by molar-refractivity contribution is 6.08. The largest absolute Gasteiger partial charge is 0.379 e. The van der Waals surface area contributed by atoms with Crippen molar-refractivity contribution in [1.82, 2.24) is 14.7 Å². The van der Waals surface area contributed by atoms with Crippen molar-refractivity contribution in [2.45, 2.75) is 12.8 Å². The average Bonchev–Trinajstić information content (AvgIpc) is 3.25. The van der Waals surface area contributed by atoms with Gasteiger partial charge in [-0.1, -0.05) is 18.2 Å². The van der Waals surface area contributed by atoms with Crippen LogP contribution in [0.5, 0.6) is 0 Å². The predicted octanol–water partition coefficient (Wildman–Crippen LogP) is 3.51. The molecule has 3 aromatic rings. The maximum atomic E-state index is 13.1. The highest BCUT2D eigenvalue weighted by atomic mass is 19.1. The van der Waals surface area contributed by atoms with E-state index in [9.17, 15) is 9.18 Å². The second-order valence-electron chi connectivity index (χ2n) is 7.24. The van der Waals surface area contributed by atoms with Gasteiger partial charge in [-0.2, -0.15) is 5.10 Å². The lowest BCUT2D eigenvalue weighted by Crippen LogP contribution is -2.36. The lowest BCUT2D eigenvalue weighted by molar-refractivity contribution is 0.0374. The highest BCUT2D eigenvalue weighted by Gasteiger charge is 2.13. The first kappa shape index (κ1) is 19.5. The molecule has 4 rings (SSSR count). The molecule has 1 aliphatic rings. The summed E-state index contributed by atoms with van der Waals surface area (Å²) in [7, 11) is 0. The van der Waals surface area contributed by atoms with E-state index in [4.69, 9.17) is 4.74 Å². The Morgan fingerprint density at radius 1 is 1.07 bits per heavy atom. The number of hydrogen-bond donors (Lipinski definition) is 0. The van der Waals surface area contributed by atoms with Crippen LogP contribution in [0.4, 0.5) is 4.39 Å². The summed E-state index contributed by atoms with van der Waals surface area (Å²) in [5.41, 5.74) is 3.05. The van der Waals surface area contributed by atoms with Gasteiger partial charge in [0.1, 0.15) is 5.82 Å². The molecule has 150 valence electrons. The molecular formula is C23H24FN3O2. The number of ketones is 1. The van der Waals surface area contributed by atoms with Crippen molar-refractivity contribution < 1.29 is 13.9 Å². The topological polar surface area (TPSA) is 47.4 Å². The van der Waals surface area contributed by atoms with Crippen LogP contribution in [-0.2, 0) is 11.2 Å². The Labute approximate surface area is 169 Å².